The zero-order valence-electron chi connectivity index (χ0n) is 19.0. The maximum absolute atomic E-state index is 13.2. The number of hydrogen-bond donors (Lipinski definition) is 2. The third kappa shape index (κ3) is 8.25. The second-order valence-corrected chi connectivity index (χ2v) is 9.92. The van der Waals surface area contributed by atoms with E-state index >= 15 is 0 Å². The molecular weight excluding hydrogens is 437 g/mol. The molecular formula is C26H32NO5P. The van der Waals surface area contributed by atoms with Gasteiger partial charge in [0.15, 0.2) is 6.35 Å². The van der Waals surface area contributed by atoms with Gasteiger partial charge in [0.1, 0.15) is 17.2 Å². The lowest BCUT2D eigenvalue weighted by Gasteiger charge is -2.18. The molecule has 176 valence electrons. The molecule has 7 heteroatoms. The lowest BCUT2D eigenvalue weighted by molar-refractivity contribution is 0.300. The first-order valence-electron chi connectivity index (χ1n) is 11.2. The van der Waals surface area contributed by atoms with Gasteiger partial charge in [0.2, 0.25) is 0 Å². The van der Waals surface area contributed by atoms with E-state index in [4.69, 9.17) is 14.0 Å². The molecule has 3 aromatic rings. The molecule has 6 nitrogen and oxygen atoms in total. The molecule has 0 aliphatic carbocycles. The van der Waals surface area contributed by atoms with Crippen LogP contribution < -0.4 is 20.1 Å². The van der Waals surface area contributed by atoms with Gasteiger partial charge < -0.3 is 24.4 Å². The van der Waals surface area contributed by atoms with Gasteiger partial charge in [-0.05, 0) is 86.9 Å². The molecule has 33 heavy (non-hydrogen) atoms. The zero-order valence-corrected chi connectivity index (χ0v) is 19.9. The number of nitrogens with one attached hydrogen (secondary N) is 1. The van der Waals surface area contributed by atoms with Gasteiger partial charge in [-0.2, -0.15) is 0 Å². The van der Waals surface area contributed by atoms with E-state index in [-0.39, 0.29) is 12.1 Å². The van der Waals surface area contributed by atoms with Gasteiger partial charge in [-0.3, -0.25) is 4.57 Å². The number of benzene rings is 3. The Labute approximate surface area is 196 Å². The fourth-order valence-electron chi connectivity index (χ4n) is 3.25. The van der Waals surface area contributed by atoms with Gasteiger partial charge in [0.25, 0.3) is 7.37 Å². The van der Waals surface area contributed by atoms with E-state index in [1.54, 1.807) is 24.3 Å². The van der Waals surface area contributed by atoms with Crippen molar-refractivity contribution in [3.05, 3.63) is 84.4 Å². The van der Waals surface area contributed by atoms with Gasteiger partial charge in [-0.1, -0.05) is 30.3 Å². The van der Waals surface area contributed by atoms with Crippen LogP contribution in [0.5, 0.6) is 17.2 Å². The van der Waals surface area contributed by atoms with Gasteiger partial charge in [-0.15, -0.1) is 0 Å². The summed E-state index contributed by atoms with van der Waals surface area (Å²) in [5, 5.41) is 13.4. The monoisotopic (exact) mass is 469 g/mol. The van der Waals surface area contributed by atoms with Crippen LogP contribution in [0.25, 0.3) is 0 Å². The van der Waals surface area contributed by atoms with E-state index in [2.05, 4.69) is 5.32 Å². The lowest BCUT2D eigenvalue weighted by Crippen LogP contribution is -2.20. The summed E-state index contributed by atoms with van der Waals surface area (Å²) in [5.74, 6) is 1.67. The van der Waals surface area contributed by atoms with Crippen LogP contribution in [0, 0.1) is 0 Å². The van der Waals surface area contributed by atoms with Crippen LogP contribution >= 0.6 is 7.37 Å². The average molecular weight is 470 g/mol. The normalized spacial score (nSPS) is 12.8. The first kappa shape index (κ1) is 24.8. The summed E-state index contributed by atoms with van der Waals surface area (Å²) in [5.41, 5.74) is 1.20. The van der Waals surface area contributed by atoms with Crippen LogP contribution in [0.4, 0.5) is 0 Å². The Morgan fingerprint density at radius 3 is 2.21 bits per heavy atom. The molecule has 0 bridgehead atoms. The van der Waals surface area contributed by atoms with Crippen molar-refractivity contribution in [2.75, 3.05) is 32.7 Å². The Hall–Kier alpha value is -2.79. The molecule has 0 aliphatic heterocycles. The first-order chi connectivity index (χ1) is 16.1. The van der Waals surface area contributed by atoms with Crippen molar-refractivity contribution in [1.82, 2.24) is 5.32 Å². The predicted molar refractivity (Wildman–Crippen MR) is 132 cm³/mol. The number of ether oxygens (including phenoxy) is 2. The van der Waals surface area contributed by atoms with Gasteiger partial charge in [0.05, 0.1) is 13.2 Å². The fraction of sp³-hybridized carbons (Fsp3) is 0.308. The molecule has 0 spiro atoms. The standard InChI is InChI=1S/C26H32NO5P/c1-2-32-33(29,26-7-4-3-5-8-26)21-31-25-13-9-22(10-14-25)17-19-27-18-6-20-30-24-15-11-23(28)12-16-24/h3-5,7-16,27-28H,2,6,17-21H2,1H3. The Kier molecular flexibility index (Phi) is 9.82. The summed E-state index contributed by atoms with van der Waals surface area (Å²) >= 11 is 0. The lowest BCUT2D eigenvalue weighted by atomic mass is 10.1. The largest absolute Gasteiger partial charge is 0.508 e. The summed E-state index contributed by atoms with van der Waals surface area (Å²) < 4.78 is 30.3. The third-order valence-corrected chi connectivity index (χ3v) is 7.23. The molecule has 1 unspecified atom stereocenters. The number of hydrogen-bond acceptors (Lipinski definition) is 6. The van der Waals surface area contributed by atoms with E-state index < -0.39 is 7.37 Å². The van der Waals surface area contributed by atoms with Crippen molar-refractivity contribution >= 4 is 12.7 Å². The smallest absolute Gasteiger partial charge is 0.268 e. The van der Waals surface area contributed by atoms with Crippen molar-refractivity contribution in [3.63, 3.8) is 0 Å². The van der Waals surface area contributed by atoms with Crippen molar-refractivity contribution in [2.24, 2.45) is 0 Å². The Bertz CT molecular complexity index is 993. The van der Waals surface area contributed by atoms with Crippen LogP contribution in [0.1, 0.15) is 18.9 Å². The second kappa shape index (κ2) is 13.0. The quantitative estimate of drug-likeness (QED) is 0.256. The van der Waals surface area contributed by atoms with E-state index in [1.807, 2.05) is 61.5 Å². The van der Waals surface area contributed by atoms with E-state index in [0.29, 0.717) is 24.3 Å². The average Bonchev–Trinajstić information content (AvgIpc) is 2.85. The maximum atomic E-state index is 13.2. The van der Waals surface area contributed by atoms with Crippen molar-refractivity contribution in [2.45, 2.75) is 19.8 Å². The molecule has 0 aromatic heterocycles. The van der Waals surface area contributed by atoms with E-state index in [0.717, 1.165) is 31.7 Å². The zero-order chi connectivity index (χ0) is 23.4. The summed E-state index contributed by atoms with van der Waals surface area (Å²) in [4.78, 5) is 0. The molecule has 3 rings (SSSR count). The maximum Gasteiger partial charge on any atom is 0.268 e. The second-order valence-electron chi connectivity index (χ2n) is 7.54. The summed E-state index contributed by atoms with van der Waals surface area (Å²) in [7, 11) is -3.06. The molecule has 2 N–H and O–H groups in total. The van der Waals surface area contributed by atoms with Crippen LogP contribution in [-0.2, 0) is 15.5 Å². The van der Waals surface area contributed by atoms with E-state index in [9.17, 15) is 9.67 Å². The number of aromatic hydroxyl groups is 1. The van der Waals surface area contributed by atoms with Gasteiger partial charge in [0, 0.05) is 5.30 Å². The highest BCUT2D eigenvalue weighted by Gasteiger charge is 2.26. The summed E-state index contributed by atoms with van der Waals surface area (Å²) in [6.45, 7) is 4.56. The van der Waals surface area contributed by atoms with Crippen LogP contribution in [0.15, 0.2) is 78.9 Å². The molecule has 0 radical (unpaired) electrons. The highest BCUT2D eigenvalue weighted by atomic mass is 31.2. The molecule has 3 aromatic carbocycles. The minimum Gasteiger partial charge on any atom is -0.508 e. The SMILES string of the molecule is CCOP(=O)(COc1ccc(CCNCCCOc2ccc(O)cc2)cc1)c1ccccc1. The van der Waals surface area contributed by atoms with Gasteiger partial charge >= 0.3 is 0 Å². The van der Waals surface area contributed by atoms with Crippen LogP contribution in [-0.4, -0.2) is 37.8 Å². The Morgan fingerprint density at radius 2 is 1.52 bits per heavy atom. The highest BCUT2D eigenvalue weighted by Crippen LogP contribution is 2.45. The van der Waals surface area contributed by atoms with Gasteiger partial charge in [-0.25, -0.2) is 0 Å². The number of rotatable bonds is 14. The fourth-order valence-corrected chi connectivity index (χ4v) is 4.98. The molecule has 0 amide bonds. The Balaban J connectivity index is 1.35. The topological polar surface area (TPSA) is 77.0 Å². The summed E-state index contributed by atoms with van der Waals surface area (Å²) in [6.07, 6.45) is 1.81. The number of phenolic OH excluding ortho intramolecular Hbond substituents is 1. The van der Waals surface area contributed by atoms with Crippen molar-refractivity contribution in [1.29, 1.82) is 0 Å². The summed E-state index contributed by atoms with van der Waals surface area (Å²) in [6, 6.07) is 23.8. The molecule has 0 saturated carbocycles. The molecule has 0 fully saturated rings. The molecule has 0 saturated heterocycles. The number of phenols is 1. The molecule has 1 atom stereocenters. The van der Waals surface area contributed by atoms with Crippen molar-refractivity contribution in [3.8, 4) is 17.2 Å². The highest BCUT2D eigenvalue weighted by molar-refractivity contribution is 7.66. The molecule has 0 aliphatic rings. The Morgan fingerprint density at radius 1 is 0.848 bits per heavy atom. The van der Waals surface area contributed by atoms with E-state index in [1.165, 1.54) is 5.56 Å². The minimum atomic E-state index is -3.06. The van der Waals surface area contributed by atoms with Crippen LogP contribution in [0.3, 0.4) is 0 Å². The third-order valence-electron chi connectivity index (χ3n) is 5.01. The van der Waals surface area contributed by atoms with Crippen molar-refractivity contribution < 1.29 is 23.7 Å². The predicted octanol–water partition coefficient (Wildman–Crippen LogP) is 4.97. The first-order valence-corrected chi connectivity index (χ1v) is 13.0. The minimum absolute atomic E-state index is 0.0119. The van der Waals surface area contributed by atoms with Crippen LogP contribution in [0.2, 0.25) is 0 Å². The molecule has 0 heterocycles.